The van der Waals surface area contributed by atoms with Gasteiger partial charge in [0, 0.05) is 18.0 Å². The van der Waals surface area contributed by atoms with E-state index in [-0.39, 0.29) is 0 Å². The Labute approximate surface area is 176 Å². The number of aromatic carboxylic acids is 1. The Balaban J connectivity index is 1.58. The van der Waals surface area contributed by atoms with Gasteiger partial charge in [-0.15, -0.1) is 0 Å². The summed E-state index contributed by atoms with van der Waals surface area (Å²) in [5, 5.41) is 9.40. The van der Waals surface area contributed by atoms with Crippen LogP contribution in [0, 0.1) is 6.92 Å². The van der Waals surface area contributed by atoms with E-state index in [1.807, 2.05) is 13.0 Å². The summed E-state index contributed by atoms with van der Waals surface area (Å²) in [4.78, 5) is 15.6. The molecule has 2 heterocycles. The molecule has 0 radical (unpaired) electrons. The van der Waals surface area contributed by atoms with Crippen LogP contribution < -0.4 is 9.47 Å². The van der Waals surface area contributed by atoms with Gasteiger partial charge < -0.3 is 14.6 Å². The second kappa shape index (κ2) is 8.57. The number of hydrogen-bond acceptors (Lipinski definition) is 4. The predicted octanol–water partition coefficient (Wildman–Crippen LogP) is 5.26. The maximum atomic E-state index is 11.5. The van der Waals surface area contributed by atoms with E-state index in [0.717, 1.165) is 46.6 Å². The van der Waals surface area contributed by atoms with Crippen LogP contribution in [0.25, 0.3) is 11.1 Å². The van der Waals surface area contributed by atoms with E-state index in [1.54, 1.807) is 19.4 Å². The van der Waals surface area contributed by atoms with Gasteiger partial charge in [-0.1, -0.05) is 24.3 Å². The molecule has 1 N–H and O–H groups in total. The number of methoxy groups -OCH3 is 1. The van der Waals surface area contributed by atoms with Crippen molar-refractivity contribution in [1.82, 2.24) is 4.98 Å². The number of aromatic nitrogens is 1. The number of rotatable bonds is 6. The monoisotopic (exact) mass is 403 g/mol. The van der Waals surface area contributed by atoms with Crippen molar-refractivity contribution in [2.75, 3.05) is 13.7 Å². The Morgan fingerprint density at radius 1 is 1.23 bits per heavy atom. The van der Waals surface area contributed by atoms with E-state index in [4.69, 9.17) is 9.47 Å². The number of benzene rings is 2. The highest BCUT2D eigenvalue weighted by molar-refractivity contribution is 5.89. The summed E-state index contributed by atoms with van der Waals surface area (Å²) in [5.74, 6) is 1.16. The van der Waals surface area contributed by atoms with Gasteiger partial charge in [-0.3, -0.25) is 4.98 Å². The number of carboxylic acids is 1. The summed E-state index contributed by atoms with van der Waals surface area (Å²) < 4.78 is 11.5. The topological polar surface area (TPSA) is 68.7 Å². The molecule has 5 heteroatoms. The van der Waals surface area contributed by atoms with Crippen molar-refractivity contribution in [3.63, 3.8) is 0 Å². The fraction of sp³-hybridized carbons (Fsp3) is 0.280. The zero-order chi connectivity index (χ0) is 21.1. The van der Waals surface area contributed by atoms with Gasteiger partial charge in [0.15, 0.2) is 0 Å². The van der Waals surface area contributed by atoms with Gasteiger partial charge in [-0.05, 0) is 72.6 Å². The summed E-state index contributed by atoms with van der Waals surface area (Å²) in [6.07, 6.45) is 5.64. The summed E-state index contributed by atoms with van der Waals surface area (Å²) in [5.41, 5.74) is 5.54. The molecule has 4 rings (SSSR count). The highest BCUT2D eigenvalue weighted by Gasteiger charge is 2.23. The summed E-state index contributed by atoms with van der Waals surface area (Å²) >= 11 is 0. The van der Waals surface area contributed by atoms with Crippen molar-refractivity contribution in [3.05, 3.63) is 77.1 Å². The third-order valence-electron chi connectivity index (χ3n) is 5.74. The van der Waals surface area contributed by atoms with E-state index in [0.29, 0.717) is 24.5 Å². The number of hydrogen-bond donors (Lipinski definition) is 1. The maximum absolute atomic E-state index is 11.5. The lowest BCUT2D eigenvalue weighted by Gasteiger charge is -2.27. The first kappa shape index (κ1) is 20.0. The van der Waals surface area contributed by atoms with Crippen LogP contribution in [0.3, 0.4) is 0 Å². The average molecular weight is 403 g/mol. The van der Waals surface area contributed by atoms with Gasteiger partial charge in [-0.25, -0.2) is 4.79 Å². The fourth-order valence-corrected chi connectivity index (χ4v) is 4.13. The van der Waals surface area contributed by atoms with Gasteiger partial charge in [0.1, 0.15) is 11.5 Å². The van der Waals surface area contributed by atoms with Crippen molar-refractivity contribution in [2.45, 2.75) is 32.1 Å². The first-order valence-electron chi connectivity index (χ1n) is 10.1. The number of nitrogens with zero attached hydrogens (tertiary/aromatic N) is 1. The van der Waals surface area contributed by atoms with Gasteiger partial charge >= 0.3 is 5.97 Å². The van der Waals surface area contributed by atoms with E-state index in [9.17, 15) is 9.90 Å². The second-order valence-electron chi connectivity index (χ2n) is 7.67. The number of aryl methyl sites for hydroxylation is 2. The predicted molar refractivity (Wildman–Crippen MR) is 116 cm³/mol. The molecule has 0 amide bonds. The zero-order valence-electron chi connectivity index (χ0n) is 17.2. The lowest BCUT2D eigenvalue weighted by molar-refractivity contribution is 0.0695. The van der Waals surface area contributed by atoms with Gasteiger partial charge in [0.25, 0.3) is 0 Å². The summed E-state index contributed by atoms with van der Waals surface area (Å²) in [6, 6.07) is 14.1. The third kappa shape index (κ3) is 4.01. The Morgan fingerprint density at radius 2 is 2.10 bits per heavy atom. The molecule has 0 saturated carbocycles. The molecule has 0 saturated heterocycles. The minimum absolute atomic E-state index is 0.324. The number of fused-ring (bicyclic) bond motifs is 1. The lowest BCUT2D eigenvalue weighted by atomic mass is 9.86. The van der Waals surface area contributed by atoms with Crippen LogP contribution in [0.4, 0.5) is 0 Å². The quantitative estimate of drug-likeness (QED) is 0.608. The van der Waals surface area contributed by atoms with Crippen LogP contribution in [0.1, 0.15) is 45.8 Å². The van der Waals surface area contributed by atoms with Crippen LogP contribution in [-0.2, 0) is 6.42 Å². The van der Waals surface area contributed by atoms with Crippen LogP contribution >= 0.6 is 0 Å². The van der Waals surface area contributed by atoms with Crippen molar-refractivity contribution < 1.29 is 19.4 Å². The molecule has 0 aliphatic carbocycles. The molecule has 30 heavy (non-hydrogen) atoms. The third-order valence-corrected chi connectivity index (χ3v) is 5.74. The first-order chi connectivity index (χ1) is 14.6. The molecule has 1 aromatic heterocycles. The Morgan fingerprint density at radius 3 is 2.90 bits per heavy atom. The Kier molecular flexibility index (Phi) is 5.70. The maximum Gasteiger partial charge on any atom is 0.336 e. The normalized spacial score (nSPS) is 15.2. The van der Waals surface area contributed by atoms with Crippen LogP contribution in [0.15, 0.2) is 54.9 Å². The van der Waals surface area contributed by atoms with Crippen molar-refractivity contribution >= 4 is 5.97 Å². The first-order valence-corrected chi connectivity index (χ1v) is 10.1. The molecule has 1 aliphatic heterocycles. The van der Waals surface area contributed by atoms with Crippen LogP contribution in [0.5, 0.6) is 11.5 Å². The van der Waals surface area contributed by atoms with E-state index in [1.165, 1.54) is 11.8 Å². The molecule has 2 aromatic carbocycles. The molecule has 1 aliphatic rings. The molecule has 5 nitrogen and oxygen atoms in total. The standard InChI is InChI=1S/C25H25NO4/c1-16-3-7-21(23(13-16)29-2)18-6-8-20-17(10-12-30-24(20)14-18)4-5-19-15-26-11-9-22(19)25(27)28/h3,6-9,11,13-15,17H,4-5,10,12H2,1-2H3,(H,27,28). The van der Waals surface area contributed by atoms with Gasteiger partial charge in [-0.2, -0.15) is 0 Å². The van der Waals surface area contributed by atoms with Crippen molar-refractivity contribution in [2.24, 2.45) is 0 Å². The Bertz CT molecular complexity index is 1080. The molecule has 0 fully saturated rings. The average Bonchev–Trinajstić information content (AvgIpc) is 2.77. The summed E-state index contributed by atoms with van der Waals surface area (Å²) in [7, 11) is 1.69. The SMILES string of the molecule is COc1cc(C)ccc1-c1ccc2c(c1)OCCC2CCc1cnccc1C(=O)O. The number of ether oxygens (including phenoxy) is 2. The van der Waals surface area contributed by atoms with E-state index >= 15 is 0 Å². The molecule has 1 unspecified atom stereocenters. The van der Waals surface area contributed by atoms with Crippen LogP contribution in [0.2, 0.25) is 0 Å². The number of carbonyl (C=O) groups is 1. The number of pyridine rings is 1. The Hall–Kier alpha value is -3.34. The van der Waals surface area contributed by atoms with E-state index in [2.05, 4.69) is 35.3 Å². The largest absolute Gasteiger partial charge is 0.496 e. The highest BCUT2D eigenvalue weighted by atomic mass is 16.5. The minimum atomic E-state index is -0.906. The summed E-state index contributed by atoms with van der Waals surface area (Å²) in [6.45, 7) is 2.70. The smallest absolute Gasteiger partial charge is 0.336 e. The zero-order valence-corrected chi connectivity index (χ0v) is 17.2. The number of carboxylic acid groups (broad SMARTS) is 1. The molecular weight excluding hydrogens is 378 g/mol. The second-order valence-corrected chi connectivity index (χ2v) is 7.67. The van der Waals surface area contributed by atoms with E-state index < -0.39 is 5.97 Å². The molecule has 0 bridgehead atoms. The molecule has 3 aromatic rings. The molecule has 0 spiro atoms. The van der Waals surface area contributed by atoms with Crippen LogP contribution in [-0.4, -0.2) is 29.8 Å². The van der Waals surface area contributed by atoms with Crippen molar-refractivity contribution in [1.29, 1.82) is 0 Å². The van der Waals surface area contributed by atoms with Gasteiger partial charge in [0.05, 0.1) is 19.3 Å². The fourth-order valence-electron chi connectivity index (χ4n) is 4.13. The molecular formula is C25H25NO4. The highest BCUT2D eigenvalue weighted by Crippen LogP contribution is 2.40. The minimum Gasteiger partial charge on any atom is -0.496 e. The molecule has 1 atom stereocenters. The van der Waals surface area contributed by atoms with Gasteiger partial charge in [0.2, 0.25) is 0 Å². The lowest BCUT2D eigenvalue weighted by Crippen LogP contribution is -2.15. The molecule has 154 valence electrons. The van der Waals surface area contributed by atoms with Crippen molar-refractivity contribution in [3.8, 4) is 22.6 Å².